The molecule has 1 heterocycles. The summed E-state index contributed by atoms with van der Waals surface area (Å²) in [5.74, 6) is -1.23. The van der Waals surface area contributed by atoms with Crippen LogP contribution in [-0.4, -0.2) is 33.4 Å². The Kier molecular flexibility index (Phi) is 5.91. The molecule has 22 heavy (non-hydrogen) atoms. The summed E-state index contributed by atoms with van der Waals surface area (Å²) in [6, 6.07) is 7.00. The monoisotopic (exact) mass is 338 g/mol. The lowest BCUT2D eigenvalue weighted by molar-refractivity contribution is -0.144. The highest BCUT2D eigenvalue weighted by Gasteiger charge is 2.17. The molecule has 0 radical (unpaired) electrons. The van der Waals surface area contributed by atoms with Gasteiger partial charge in [-0.3, -0.25) is 9.59 Å². The summed E-state index contributed by atoms with van der Waals surface area (Å²) in [5, 5.41) is 12.3. The normalized spacial score (nSPS) is 10.4. The summed E-state index contributed by atoms with van der Waals surface area (Å²) in [6.45, 7) is -0.0699. The third-order valence-electron chi connectivity index (χ3n) is 3.00. The molecular weight excluding hydrogens is 324 g/mol. The molecule has 0 bridgehead atoms. The molecule has 0 aliphatic heterocycles. The van der Waals surface area contributed by atoms with E-state index < -0.39 is 5.97 Å². The molecule has 5 nitrogen and oxygen atoms in total. The predicted octanol–water partition coefficient (Wildman–Crippen LogP) is 2.84. The zero-order valence-corrected chi connectivity index (χ0v) is 13.3. The van der Waals surface area contributed by atoms with Crippen LogP contribution in [0.4, 0.5) is 0 Å². The third kappa shape index (κ3) is 5.13. The summed E-state index contributed by atoms with van der Waals surface area (Å²) in [5.41, 5.74) is 0.841. The van der Waals surface area contributed by atoms with E-state index in [0.717, 1.165) is 10.6 Å². The van der Waals surface area contributed by atoms with Crippen molar-refractivity contribution in [2.24, 2.45) is 0 Å². The van der Waals surface area contributed by atoms with Gasteiger partial charge in [0.1, 0.15) is 6.54 Å². The number of aryl methyl sites for hydroxylation is 1. The van der Waals surface area contributed by atoms with Gasteiger partial charge in [0.25, 0.3) is 0 Å². The van der Waals surface area contributed by atoms with Gasteiger partial charge in [0, 0.05) is 36.0 Å². The highest BCUT2D eigenvalue weighted by atomic mass is 35.5. The molecule has 0 atom stereocenters. The minimum absolute atomic E-state index is 0.201. The standard InChI is InChI=1S/C15H15ClN2O3S/c16-12-3-1-11(2-4-12)9-18(10-15(20)21)14(19)6-5-13-17-7-8-22-13/h1-4,7-8H,5-6,9-10H2,(H,20,21). The fraction of sp³-hybridized carbons (Fsp3) is 0.267. The summed E-state index contributed by atoms with van der Waals surface area (Å²) < 4.78 is 0. The molecule has 0 fully saturated rings. The Hall–Kier alpha value is -1.92. The highest BCUT2D eigenvalue weighted by Crippen LogP contribution is 2.13. The molecule has 1 aromatic carbocycles. The lowest BCUT2D eigenvalue weighted by Crippen LogP contribution is -2.35. The molecule has 0 spiro atoms. The number of carbonyl (C=O) groups is 2. The SMILES string of the molecule is O=C(O)CN(Cc1ccc(Cl)cc1)C(=O)CCc1nccs1. The molecule has 116 valence electrons. The average molecular weight is 339 g/mol. The van der Waals surface area contributed by atoms with Crippen molar-refractivity contribution in [3.05, 3.63) is 51.4 Å². The molecule has 1 amide bonds. The van der Waals surface area contributed by atoms with Crippen molar-refractivity contribution >= 4 is 34.8 Å². The van der Waals surface area contributed by atoms with Gasteiger partial charge in [-0.1, -0.05) is 23.7 Å². The summed E-state index contributed by atoms with van der Waals surface area (Å²) in [7, 11) is 0. The van der Waals surface area contributed by atoms with Crippen LogP contribution in [0.5, 0.6) is 0 Å². The topological polar surface area (TPSA) is 70.5 Å². The van der Waals surface area contributed by atoms with Gasteiger partial charge in [0.05, 0.1) is 5.01 Å². The van der Waals surface area contributed by atoms with Crippen LogP contribution in [0.2, 0.25) is 5.02 Å². The Morgan fingerprint density at radius 3 is 2.59 bits per heavy atom. The quantitative estimate of drug-likeness (QED) is 0.842. The van der Waals surface area contributed by atoms with Crippen molar-refractivity contribution in [2.75, 3.05) is 6.54 Å². The maximum absolute atomic E-state index is 12.3. The van der Waals surface area contributed by atoms with Crippen molar-refractivity contribution in [2.45, 2.75) is 19.4 Å². The van der Waals surface area contributed by atoms with Gasteiger partial charge in [-0.15, -0.1) is 11.3 Å². The number of halogens is 1. The van der Waals surface area contributed by atoms with E-state index in [1.54, 1.807) is 30.5 Å². The van der Waals surface area contributed by atoms with Crippen LogP contribution in [-0.2, 0) is 22.6 Å². The zero-order chi connectivity index (χ0) is 15.9. The second-order valence-corrected chi connectivity index (χ2v) is 6.11. The van der Waals surface area contributed by atoms with E-state index in [0.29, 0.717) is 11.4 Å². The molecule has 0 aliphatic rings. The van der Waals surface area contributed by atoms with E-state index >= 15 is 0 Å². The number of aromatic nitrogens is 1. The van der Waals surface area contributed by atoms with Gasteiger partial charge < -0.3 is 10.0 Å². The molecule has 0 unspecified atom stereocenters. The van der Waals surface area contributed by atoms with E-state index in [1.165, 1.54) is 16.2 Å². The van der Waals surface area contributed by atoms with Crippen LogP contribution in [0.15, 0.2) is 35.8 Å². The molecule has 0 aliphatic carbocycles. The Labute approximate surface area is 137 Å². The van der Waals surface area contributed by atoms with Crippen LogP contribution in [0.1, 0.15) is 17.0 Å². The fourth-order valence-electron chi connectivity index (χ4n) is 1.95. The van der Waals surface area contributed by atoms with Gasteiger partial charge in [-0.2, -0.15) is 0 Å². The molecule has 2 aromatic rings. The van der Waals surface area contributed by atoms with Gasteiger partial charge >= 0.3 is 5.97 Å². The van der Waals surface area contributed by atoms with E-state index in [1.807, 2.05) is 5.38 Å². The van der Waals surface area contributed by atoms with E-state index in [9.17, 15) is 9.59 Å². The van der Waals surface area contributed by atoms with Crippen molar-refractivity contribution < 1.29 is 14.7 Å². The number of nitrogens with zero attached hydrogens (tertiary/aromatic N) is 2. The number of rotatable bonds is 7. The molecule has 0 saturated heterocycles. The Balaban J connectivity index is 1.99. The van der Waals surface area contributed by atoms with Crippen LogP contribution in [0, 0.1) is 0 Å². The summed E-state index contributed by atoms with van der Waals surface area (Å²) in [4.78, 5) is 28.7. The Morgan fingerprint density at radius 1 is 1.27 bits per heavy atom. The van der Waals surface area contributed by atoms with Crippen LogP contribution < -0.4 is 0 Å². The van der Waals surface area contributed by atoms with E-state index in [2.05, 4.69) is 4.98 Å². The molecule has 2 rings (SSSR count). The number of carbonyl (C=O) groups excluding carboxylic acids is 1. The first-order valence-corrected chi connectivity index (χ1v) is 7.93. The number of benzene rings is 1. The lowest BCUT2D eigenvalue weighted by atomic mass is 10.2. The largest absolute Gasteiger partial charge is 0.480 e. The maximum Gasteiger partial charge on any atom is 0.323 e. The number of hydrogen-bond donors (Lipinski definition) is 1. The number of carboxylic acid groups (broad SMARTS) is 1. The average Bonchev–Trinajstić information content (AvgIpc) is 2.99. The van der Waals surface area contributed by atoms with Crippen molar-refractivity contribution in [1.29, 1.82) is 0 Å². The minimum atomic E-state index is -1.03. The smallest absolute Gasteiger partial charge is 0.323 e. The first-order valence-electron chi connectivity index (χ1n) is 6.67. The number of thiazole rings is 1. The predicted molar refractivity (Wildman–Crippen MR) is 84.9 cm³/mol. The second kappa shape index (κ2) is 7.91. The molecular formula is C15H15ClN2O3S. The lowest BCUT2D eigenvalue weighted by Gasteiger charge is -2.20. The number of carboxylic acids is 1. The molecule has 7 heteroatoms. The number of aliphatic carboxylic acids is 1. The van der Waals surface area contributed by atoms with Gasteiger partial charge in [0.2, 0.25) is 5.91 Å². The molecule has 1 aromatic heterocycles. The van der Waals surface area contributed by atoms with Crippen molar-refractivity contribution in [3.8, 4) is 0 Å². The van der Waals surface area contributed by atoms with Gasteiger partial charge in [0.15, 0.2) is 0 Å². The number of hydrogen-bond acceptors (Lipinski definition) is 4. The third-order valence-corrected chi connectivity index (χ3v) is 4.09. The van der Waals surface area contributed by atoms with Crippen molar-refractivity contribution in [3.63, 3.8) is 0 Å². The van der Waals surface area contributed by atoms with Gasteiger partial charge in [-0.05, 0) is 17.7 Å². The van der Waals surface area contributed by atoms with E-state index in [-0.39, 0.29) is 25.4 Å². The fourth-order valence-corrected chi connectivity index (χ4v) is 2.70. The summed E-state index contributed by atoms with van der Waals surface area (Å²) in [6.07, 6.45) is 2.45. The zero-order valence-electron chi connectivity index (χ0n) is 11.7. The van der Waals surface area contributed by atoms with E-state index in [4.69, 9.17) is 16.7 Å². The molecule has 0 saturated carbocycles. The molecule has 1 N–H and O–H groups in total. The number of amides is 1. The van der Waals surface area contributed by atoms with Crippen molar-refractivity contribution in [1.82, 2.24) is 9.88 Å². The first kappa shape index (κ1) is 16.5. The van der Waals surface area contributed by atoms with Crippen LogP contribution >= 0.6 is 22.9 Å². The van der Waals surface area contributed by atoms with Gasteiger partial charge in [-0.25, -0.2) is 4.98 Å². The summed E-state index contributed by atoms with van der Waals surface area (Å²) >= 11 is 7.30. The Morgan fingerprint density at radius 2 is 2.00 bits per heavy atom. The van der Waals surface area contributed by atoms with Crippen LogP contribution in [0.3, 0.4) is 0 Å². The van der Waals surface area contributed by atoms with Crippen LogP contribution in [0.25, 0.3) is 0 Å². The Bertz CT molecular complexity index is 629. The highest BCUT2D eigenvalue weighted by molar-refractivity contribution is 7.09. The second-order valence-electron chi connectivity index (χ2n) is 4.70. The maximum atomic E-state index is 12.3. The first-order chi connectivity index (χ1) is 10.5. The minimum Gasteiger partial charge on any atom is -0.480 e.